The van der Waals surface area contributed by atoms with E-state index in [1.165, 1.54) is 35.1 Å². The Bertz CT molecular complexity index is 709. The van der Waals surface area contributed by atoms with Gasteiger partial charge in [-0.25, -0.2) is 0 Å². The predicted octanol–water partition coefficient (Wildman–Crippen LogP) is -2.11. The van der Waals surface area contributed by atoms with E-state index in [1.54, 1.807) is 0 Å². The maximum atomic E-state index is 10.8. The molecule has 6 nitrogen and oxygen atoms in total. The third kappa shape index (κ3) is 2.55. The van der Waals surface area contributed by atoms with E-state index in [1.807, 2.05) is 0 Å². The van der Waals surface area contributed by atoms with Crippen LogP contribution in [0.3, 0.4) is 0 Å². The van der Waals surface area contributed by atoms with Crippen LogP contribution < -0.4 is 40.0 Å². The molecule has 2 N–H and O–H groups in total. The van der Waals surface area contributed by atoms with E-state index in [0.717, 1.165) is 31.4 Å². The zero-order valence-electron chi connectivity index (χ0n) is 12.5. The molecule has 0 atom stereocenters. The second-order valence-corrected chi connectivity index (χ2v) is 5.65. The fourth-order valence-electron chi connectivity index (χ4n) is 3.49. The van der Waals surface area contributed by atoms with E-state index in [0.29, 0.717) is 5.95 Å². The summed E-state index contributed by atoms with van der Waals surface area (Å²) in [5.41, 5.74) is 6.61. The van der Waals surface area contributed by atoms with Crippen LogP contribution in [0.5, 0.6) is 0 Å². The molecule has 1 aromatic heterocycles. The van der Waals surface area contributed by atoms with Gasteiger partial charge in [0.05, 0.1) is 0 Å². The van der Waals surface area contributed by atoms with E-state index in [2.05, 4.69) is 26.6 Å². The van der Waals surface area contributed by atoms with Crippen LogP contribution in [0.4, 0.5) is 11.6 Å². The molecule has 0 amide bonds. The number of benzene rings is 1. The molecule has 4 rings (SSSR count). The standard InChI is InChI=1S/C15H16N4O2.Na/c20-14(21)13-17-15(19-18-13)16-12-10-5-1-3-8(10)7-9-4-2-6-11(9)12;/h7H,1-6H2,(H,20,21)(H2,16,17,18,19);/q;+1/p-1. The number of aromatic amines is 1. The molecule has 0 saturated carbocycles. The number of carboxylic acid groups (broad SMARTS) is 1. The largest absolute Gasteiger partial charge is 1.00 e. The predicted molar refractivity (Wildman–Crippen MR) is 74.5 cm³/mol. The number of aromatic carboxylic acids is 1. The number of aryl methyl sites for hydroxylation is 2. The van der Waals surface area contributed by atoms with Crippen LogP contribution in [0.1, 0.15) is 45.7 Å². The van der Waals surface area contributed by atoms with Gasteiger partial charge in [-0.1, -0.05) is 6.07 Å². The number of H-pyrrole nitrogens is 1. The molecule has 108 valence electrons. The van der Waals surface area contributed by atoms with E-state index in [4.69, 9.17) is 0 Å². The second kappa shape index (κ2) is 6.02. The number of rotatable bonds is 3. The summed E-state index contributed by atoms with van der Waals surface area (Å²) < 4.78 is 0. The molecule has 0 radical (unpaired) electrons. The van der Waals surface area contributed by atoms with Gasteiger partial charge in [0, 0.05) is 5.69 Å². The van der Waals surface area contributed by atoms with Crippen molar-refractivity contribution in [3.63, 3.8) is 0 Å². The summed E-state index contributed by atoms with van der Waals surface area (Å²) in [6.07, 6.45) is 6.70. The minimum absolute atomic E-state index is 0. The molecule has 1 aromatic carbocycles. The minimum Gasteiger partial charge on any atom is -0.542 e. The summed E-state index contributed by atoms with van der Waals surface area (Å²) in [7, 11) is 0. The van der Waals surface area contributed by atoms with Gasteiger partial charge in [0.2, 0.25) is 5.95 Å². The maximum absolute atomic E-state index is 10.8. The summed E-state index contributed by atoms with van der Waals surface area (Å²) in [6, 6.07) is 2.35. The van der Waals surface area contributed by atoms with Crippen molar-refractivity contribution in [3.05, 3.63) is 34.1 Å². The van der Waals surface area contributed by atoms with Crippen molar-refractivity contribution in [2.75, 3.05) is 5.32 Å². The molecule has 0 aliphatic heterocycles. The first-order valence-corrected chi connectivity index (χ1v) is 7.29. The molecular weight excluding hydrogens is 291 g/mol. The summed E-state index contributed by atoms with van der Waals surface area (Å²) in [5, 5.41) is 20.3. The molecule has 1 heterocycles. The van der Waals surface area contributed by atoms with Crippen molar-refractivity contribution < 1.29 is 39.5 Å². The third-order valence-electron chi connectivity index (χ3n) is 4.39. The number of aromatic nitrogens is 3. The molecule has 2 aliphatic carbocycles. The number of nitrogens with zero attached hydrogens (tertiary/aromatic N) is 2. The summed E-state index contributed by atoms with van der Waals surface area (Å²) >= 11 is 0. The number of carboxylic acids is 1. The smallest absolute Gasteiger partial charge is 0.542 e. The molecule has 7 heteroatoms. The number of fused-ring (bicyclic) bond motifs is 2. The van der Waals surface area contributed by atoms with E-state index < -0.39 is 5.97 Å². The normalized spacial score (nSPS) is 15.1. The Morgan fingerprint density at radius 2 is 1.77 bits per heavy atom. The van der Waals surface area contributed by atoms with Crippen LogP contribution in [0.15, 0.2) is 6.07 Å². The average molecular weight is 306 g/mol. The monoisotopic (exact) mass is 306 g/mol. The van der Waals surface area contributed by atoms with Crippen molar-refractivity contribution in [2.45, 2.75) is 38.5 Å². The molecule has 22 heavy (non-hydrogen) atoms. The van der Waals surface area contributed by atoms with E-state index >= 15 is 0 Å². The SMILES string of the molecule is O=C([O-])c1nc(Nc2c3c(cc4c2CCC4)CCC3)n[nH]1.[Na+]. The Hall–Kier alpha value is -1.37. The van der Waals surface area contributed by atoms with Gasteiger partial charge in [-0.05, 0) is 60.8 Å². The topological polar surface area (TPSA) is 93.7 Å². The Morgan fingerprint density at radius 3 is 2.32 bits per heavy atom. The summed E-state index contributed by atoms with van der Waals surface area (Å²) in [4.78, 5) is 14.7. The molecule has 2 aliphatic rings. The van der Waals surface area contributed by atoms with Gasteiger partial charge in [-0.3, -0.25) is 5.10 Å². The number of carbonyl (C=O) groups excluding carboxylic acids is 1. The van der Waals surface area contributed by atoms with Gasteiger partial charge in [0.25, 0.3) is 0 Å². The van der Waals surface area contributed by atoms with Crippen molar-refractivity contribution in [1.82, 2.24) is 15.2 Å². The van der Waals surface area contributed by atoms with Crippen molar-refractivity contribution in [1.29, 1.82) is 0 Å². The van der Waals surface area contributed by atoms with Gasteiger partial charge >= 0.3 is 29.6 Å². The van der Waals surface area contributed by atoms with Gasteiger partial charge in [0.1, 0.15) is 5.97 Å². The zero-order valence-corrected chi connectivity index (χ0v) is 14.5. The van der Waals surface area contributed by atoms with E-state index in [-0.39, 0.29) is 35.4 Å². The Kier molecular flexibility index (Phi) is 4.25. The Morgan fingerprint density at radius 1 is 1.14 bits per heavy atom. The first kappa shape index (κ1) is 15.5. The number of hydrogen-bond acceptors (Lipinski definition) is 5. The van der Waals surface area contributed by atoms with Crippen LogP contribution in [0, 0.1) is 0 Å². The zero-order chi connectivity index (χ0) is 14.4. The Labute approximate surface area is 150 Å². The molecular formula is C15H15N4NaO2. The quantitative estimate of drug-likeness (QED) is 0.633. The van der Waals surface area contributed by atoms with Crippen LogP contribution in [0.2, 0.25) is 0 Å². The molecule has 2 aromatic rings. The van der Waals surface area contributed by atoms with Crippen LogP contribution in [0.25, 0.3) is 0 Å². The number of hydrogen-bond donors (Lipinski definition) is 2. The van der Waals surface area contributed by atoms with Crippen molar-refractivity contribution >= 4 is 17.6 Å². The van der Waals surface area contributed by atoms with E-state index in [9.17, 15) is 9.90 Å². The number of carbonyl (C=O) groups is 1. The Balaban J connectivity index is 0.00000144. The third-order valence-corrected chi connectivity index (χ3v) is 4.39. The summed E-state index contributed by atoms with van der Waals surface area (Å²) in [6.45, 7) is 0. The van der Waals surface area contributed by atoms with Crippen molar-refractivity contribution in [2.24, 2.45) is 0 Å². The van der Waals surface area contributed by atoms with Gasteiger partial charge < -0.3 is 15.2 Å². The first-order chi connectivity index (χ1) is 10.2. The number of anilines is 2. The van der Waals surface area contributed by atoms with Crippen LogP contribution in [-0.2, 0) is 25.7 Å². The number of nitrogens with one attached hydrogen (secondary N) is 2. The molecule has 0 unspecified atom stereocenters. The fourth-order valence-corrected chi connectivity index (χ4v) is 3.49. The fraction of sp³-hybridized carbons (Fsp3) is 0.400. The van der Waals surface area contributed by atoms with Gasteiger partial charge in [-0.15, -0.1) is 5.10 Å². The minimum atomic E-state index is -1.35. The summed E-state index contributed by atoms with van der Waals surface area (Å²) in [5.74, 6) is -1.30. The van der Waals surface area contributed by atoms with Gasteiger partial charge in [0.15, 0.2) is 5.82 Å². The maximum Gasteiger partial charge on any atom is 1.00 e. The van der Waals surface area contributed by atoms with Crippen LogP contribution >= 0.6 is 0 Å². The van der Waals surface area contributed by atoms with Gasteiger partial charge in [-0.2, -0.15) is 4.98 Å². The first-order valence-electron chi connectivity index (χ1n) is 7.29. The molecule has 0 fully saturated rings. The van der Waals surface area contributed by atoms with Crippen LogP contribution in [-0.4, -0.2) is 21.2 Å². The second-order valence-electron chi connectivity index (χ2n) is 5.65. The molecule has 0 spiro atoms. The molecule has 0 saturated heterocycles. The average Bonchev–Trinajstić information content (AvgIpc) is 3.17. The molecule has 0 bridgehead atoms. The van der Waals surface area contributed by atoms with Crippen molar-refractivity contribution in [3.8, 4) is 0 Å².